The fourth-order valence-electron chi connectivity index (χ4n) is 3.27. The molecule has 0 spiro atoms. The van der Waals surface area contributed by atoms with E-state index in [4.69, 9.17) is 11.6 Å². The molecule has 0 radical (unpaired) electrons. The van der Waals surface area contributed by atoms with Crippen LogP contribution in [-0.2, 0) is 11.3 Å². The quantitative estimate of drug-likeness (QED) is 0.387. The Bertz CT molecular complexity index is 1090. The Morgan fingerprint density at radius 1 is 0.926 bits per heavy atom. The van der Waals surface area contributed by atoms with Crippen LogP contribution in [-0.4, -0.2) is 16.7 Å². The Kier molecular flexibility index (Phi) is 4.90. The molecule has 1 aromatic heterocycles. The molecule has 134 valence electrons. The van der Waals surface area contributed by atoms with Crippen molar-refractivity contribution in [2.45, 2.75) is 13.0 Å². The average Bonchev–Trinajstić information content (AvgIpc) is 3.02. The molecule has 4 nitrogen and oxygen atoms in total. The van der Waals surface area contributed by atoms with Crippen molar-refractivity contribution in [2.75, 3.05) is 0 Å². The topological polar surface area (TPSA) is 46.4 Å². The predicted octanol–water partition coefficient (Wildman–Crippen LogP) is 4.99. The number of halogens is 1. The number of benzene rings is 3. The highest BCUT2D eigenvalue weighted by atomic mass is 35.5. The number of aromatic nitrogens is 1. The molecule has 5 heteroatoms. The van der Waals surface area contributed by atoms with Crippen molar-refractivity contribution < 1.29 is 4.79 Å². The number of rotatable bonds is 5. The third-order valence-corrected chi connectivity index (χ3v) is 4.88. The van der Waals surface area contributed by atoms with Crippen LogP contribution in [0.5, 0.6) is 0 Å². The van der Waals surface area contributed by atoms with Crippen LogP contribution in [0.2, 0.25) is 5.02 Å². The second-order valence-corrected chi connectivity index (χ2v) is 6.66. The maximum atomic E-state index is 12.2. The van der Waals surface area contributed by atoms with Crippen LogP contribution in [0.3, 0.4) is 0 Å². The zero-order valence-corrected chi connectivity index (χ0v) is 15.4. The van der Waals surface area contributed by atoms with E-state index in [1.807, 2.05) is 42.5 Å². The fourth-order valence-corrected chi connectivity index (χ4v) is 3.45. The molecule has 1 amide bonds. The molecule has 0 bridgehead atoms. The molecule has 0 saturated heterocycles. The van der Waals surface area contributed by atoms with Gasteiger partial charge in [-0.1, -0.05) is 66.2 Å². The zero-order chi connectivity index (χ0) is 18.6. The summed E-state index contributed by atoms with van der Waals surface area (Å²) in [5.74, 6) is -0.139. The van der Waals surface area contributed by atoms with E-state index in [0.29, 0.717) is 18.0 Å². The zero-order valence-electron chi connectivity index (χ0n) is 14.6. The minimum atomic E-state index is -0.139. The van der Waals surface area contributed by atoms with Crippen LogP contribution in [0.25, 0.3) is 21.8 Å². The van der Waals surface area contributed by atoms with Gasteiger partial charge in [0.2, 0.25) is 5.91 Å². The number of nitrogens with one attached hydrogen (secondary N) is 1. The molecule has 0 atom stereocenters. The molecule has 0 unspecified atom stereocenters. The fraction of sp³-hybridized carbons (Fsp3) is 0.0909. The second-order valence-electron chi connectivity index (χ2n) is 6.25. The summed E-state index contributed by atoms with van der Waals surface area (Å²) >= 11 is 6.07. The van der Waals surface area contributed by atoms with Crippen LogP contribution in [0, 0.1) is 0 Å². The van der Waals surface area contributed by atoms with Crippen LogP contribution in [0.4, 0.5) is 0 Å². The van der Waals surface area contributed by atoms with Gasteiger partial charge in [0, 0.05) is 45.4 Å². The highest BCUT2D eigenvalue weighted by Gasteiger charge is 2.10. The number of hydrogen-bond donors (Lipinski definition) is 1. The van der Waals surface area contributed by atoms with E-state index in [-0.39, 0.29) is 5.91 Å². The van der Waals surface area contributed by atoms with E-state index < -0.39 is 0 Å². The molecular weight excluding hydrogens is 358 g/mol. The Balaban J connectivity index is 1.48. The lowest BCUT2D eigenvalue weighted by molar-refractivity contribution is -0.121. The summed E-state index contributed by atoms with van der Waals surface area (Å²) in [5, 5.41) is 7.01. The van der Waals surface area contributed by atoms with Crippen LogP contribution >= 0.6 is 11.6 Å². The largest absolute Gasteiger partial charge is 0.340 e. The first-order chi connectivity index (χ1) is 13.2. The van der Waals surface area contributed by atoms with E-state index in [1.165, 1.54) is 10.8 Å². The number of amides is 1. The van der Waals surface area contributed by atoms with Gasteiger partial charge in [0.1, 0.15) is 0 Å². The molecule has 0 fully saturated rings. The maximum absolute atomic E-state index is 12.2. The summed E-state index contributed by atoms with van der Waals surface area (Å²) in [5.41, 5.74) is 5.60. The third-order valence-electron chi connectivity index (χ3n) is 4.54. The lowest BCUT2D eigenvalue weighted by Gasteiger charge is -2.06. The number of carbonyl (C=O) groups excluding carboxylic acids is 1. The highest BCUT2D eigenvalue weighted by Crippen LogP contribution is 2.28. The Labute approximate surface area is 162 Å². The van der Waals surface area contributed by atoms with Crippen molar-refractivity contribution in [3.05, 3.63) is 83.4 Å². The first-order valence-corrected chi connectivity index (χ1v) is 9.14. The van der Waals surface area contributed by atoms with Gasteiger partial charge in [0.05, 0.1) is 6.21 Å². The first-order valence-electron chi connectivity index (χ1n) is 8.76. The molecule has 0 aliphatic rings. The van der Waals surface area contributed by atoms with Crippen LogP contribution in [0.15, 0.2) is 77.9 Å². The maximum Gasteiger partial charge on any atom is 0.241 e. The highest BCUT2D eigenvalue weighted by molar-refractivity contribution is 6.33. The molecule has 1 N–H and O–H groups in total. The van der Waals surface area contributed by atoms with E-state index in [0.717, 1.165) is 16.6 Å². The number of hydrogen-bond acceptors (Lipinski definition) is 2. The van der Waals surface area contributed by atoms with Gasteiger partial charge < -0.3 is 4.57 Å². The molecule has 3 aromatic carbocycles. The van der Waals surface area contributed by atoms with Gasteiger partial charge >= 0.3 is 0 Å². The van der Waals surface area contributed by atoms with Crippen molar-refractivity contribution in [1.82, 2.24) is 9.99 Å². The number of nitrogens with zero attached hydrogens (tertiary/aromatic N) is 2. The van der Waals surface area contributed by atoms with Gasteiger partial charge in [-0.15, -0.1) is 0 Å². The number of para-hydroxylation sites is 2. The van der Waals surface area contributed by atoms with E-state index in [2.05, 4.69) is 39.4 Å². The van der Waals surface area contributed by atoms with Gasteiger partial charge in [-0.2, -0.15) is 5.10 Å². The standard InChI is InChI=1S/C22H18ClN3O/c23-19-10-4-1-7-16(19)15-24-25-22(27)13-14-26-20-11-5-2-8-17(20)18-9-3-6-12-21(18)26/h1-12,15H,13-14H2,(H,25,27). The van der Waals surface area contributed by atoms with Gasteiger partial charge in [-0.3, -0.25) is 4.79 Å². The number of hydrazone groups is 1. The van der Waals surface area contributed by atoms with Gasteiger partial charge in [0.25, 0.3) is 0 Å². The smallest absolute Gasteiger partial charge is 0.241 e. The molecule has 0 aliphatic carbocycles. The average molecular weight is 376 g/mol. The minimum Gasteiger partial charge on any atom is -0.340 e. The second kappa shape index (κ2) is 7.64. The molecule has 0 aliphatic heterocycles. The summed E-state index contributed by atoms with van der Waals surface area (Å²) < 4.78 is 2.18. The molecule has 4 aromatic rings. The Morgan fingerprint density at radius 3 is 2.19 bits per heavy atom. The monoisotopic (exact) mass is 375 g/mol. The number of aryl methyl sites for hydroxylation is 1. The van der Waals surface area contributed by atoms with Crippen molar-refractivity contribution in [2.24, 2.45) is 5.10 Å². The minimum absolute atomic E-state index is 0.139. The number of fused-ring (bicyclic) bond motifs is 3. The molecular formula is C22H18ClN3O. The van der Waals surface area contributed by atoms with Crippen LogP contribution < -0.4 is 5.43 Å². The van der Waals surface area contributed by atoms with E-state index in [9.17, 15) is 4.79 Å². The Morgan fingerprint density at radius 2 is 1.52 bits per heavy atom. The summed E-state index contributed by atoms with van der Waals surface area (Å²) in [6, 6.07) is 23.9. The predicted molar refractivity (Wildman–Crippen MR) is 111 cm³/mol. The van der Waals surface area contributed by atoms with Crippen molar-refractivity contribution in [3.63, 3.8) is 0 Å². The summed E-state index contributed by atoms with van der Waals surface area (Å²) in [6.07, 6.45) is 1.89. The molecule has 1 heterocycles. The summed E-state index contributed by atoms with van der Waals surface area (Å²) in [4.78, 5) is 12.2. The summed E-state index contributed by atoms with van der Waals surface area (Å²) in [6.45, 7) is 0.585. The van der Waals surface area contributed by atoms with Crippen LogP contribution in [0.1, 0.15) is 12.0 Å². The van der Waals surface area contributed by atoms with Gasteiger partial charge in [-0.05, 0) is 18.2 Å². The summed E-state index contributed by atoms with van der Waals surface area (Å²) in [7, 11) is 0. The first kappa shape index (κ1) is 17.3. The lowest BCUT2D eigenvalue weighted by atomic mass is 10.2. The molecule has 27 heavy (non-hydrogen) atoms. The molecule has 4 rings (SSSR count). The third kappa shape index (κ3) is 3.57. The van der Waals surface area contributed by atoms with Gasteiger partial charge in [-0.25, -0.2) is 5.43 Å². The van der Waals surface area contributed by atoms with Gasteiger partial charge in [0.15, 0.2) is 0 Å². The normalized spacial score (nSPS) is 11.4. The number of carbonyl (C=O) groups is 1. The SMILES string of the molecule is O=C(CCn1c2ccccc2c2ccccc21)NN=Cc1ccccc1Cl. The van der Waals surface area contributed by atoms with Crippen molar-refractivity contribution in [3.8, 4) is 0 Å². The van der Waals surface area contributed by atoms with Crippen molar-refractivity contribution >= 4 is 45.5 Å². The van der Waals surface area contributed by atoms with E-state index >= 15 is 0 Å². The lowest BCUT2D eigenvalue weighted by Crippen LogP contribution is -2.19. The Hall–Kier alpha value is -3.11. The van der Waals surface area contributed by atoms with E-state index in [1.54, 1.807) is 12.3 Å². The van der Waals surface area contributed by atoms with Crippen molar-refractivity contribution in [1.29, 1.82) is 0 Å². The molecule has 0 saturated carbocycles.